The van der Waals surface area contributed by atoms with E-state index in [2.05, 4.69) is 45.0 Å². The minimum atomic E-state index is 0.679. The highest BCUT2D eigenvalue weighted by atomic mass is 16.5. The average Bonchev–Trinajstić information content (AvgIpc) is 3.03. The summed E-state index contributed by atoms with van der Waals surface area (Å²) in [6.45, 7) is 2.78. The van der Waals surface area contributed by atoms with E-state index >= 15 is 0 Å². The second-order valence-corrected chi connectivity index (χ2v) is 5.86. The van der Waals surface area contributed by atoms with Crippen molar-refractivity contribution in [3.8, 4) is 11.4 Å². The summed E-state index contributed by atoms with van der Waals surface area (Å²) in [5, 5.41) is 2.36. The highest BCUT2D eigenvalue weighted by Crippen LogP contribution is 2.28. The summed E-state index contributed by atoms with van der Waals surface area (Å²) in [6.07, 6.45) is 10.0. The first-order valence-corrected chi connectivity index (χ1v) is 7.84. The van der Waals surface area contributed by atoms with Gasteiger partial charge in [-0.05, 0) is 30.2 Å². The summed E-state index contributed by atoms with van der Waals surface area (Å²) in [5.41, 5.74) is 1.18. The lowest BCUT2D eigenvalue weighted by Crippen LogP contribution is -2.20. The summed E-state index contributed by atoms with van der Waals surface area (Å²) >= 11 is 0. The van der Waals surface area contributed by atoms with E-state index < -0.39 is 0 Å². The summed E-state index contributed by atoms with van der Waals surface area (Å²) in [5.74, 6) is 1.72. The Hall–Kier alpha value is -2.20. The normalized spacial score (nSPS) is 16.2. The second kappa shape index (κ2) is 5.89. The van der Waals surface area contributed by atoms with Gasteiger partial charge in [-0.2, -0.15) is 0 Å². The topological polar surface area (TPSA) is 39.9 Å². The molecule has 0 radical (unpaired) electrons. The van der Waals surface area contributed by atoms with Crippen molar-refractivity contribution in [1.29, 1.82) is 0 Å². The van der Waals surface area contributed by atoms with Crippen LogP contribution in [0.5, 0.6) is 0 Å². The van der Waals surface area contributed by atoms with Gasteiger partial charge in [-0.25, -0.2) is 4.98 Å². The fourth-order valence-electron chi connectivity index (χ4n) is 3.23. The molecule has 1 saturated heterocycles. The monoisotopic (exact) mass is 293 g/mol. The largest absolute Gasteiger partial charge is 0.381 e. The third-order valence-corrected chi connectivity index (χ3v) is 4.43. The van der Waals surface area contributed by atoms with Gasteiger partial charge in [0.15, 0.2) is 0 Å². The van der Waals surface area contributed by atoms with Crippen LogP contribution in [-0.2, 0) is 11.3 Å². The molecule has 2 aromatic heterocycles. The van der Waals surface area contributed by atoms with Crippen molar-refractivity contribution in [3.05, 3.63) is 49.1 Å². The van der Waals surface area contributed by atoms with Crippen molar-refractivity contribution >= 4 is 10.8 Å². The Bertz CT molecular complexity index is 769. The van der Waals surface area contributed by atoms with E-state index in [9.17, 15) is 0 Å². The van der Waals surface area contributed by atoms with Gasteiger partial charge in [-0.3, -0.25) is 4.98 Å². The molecule has 112 valence electrons. The summed E-state index contributed by atoms with van der Waals surface area (Å²) in [7, 11) is 0. The van der Waals surface area contributed by atoms with Crippen molar-refractivity contribution in [3.63, 3.8) is 0 Å². The van der Waals surface area contributed by atoms with Crippen molar-refractivity contribution in [1.82, 2.24) is 14.5 Å². The molecule has 0 bridgehead atoms. The Morgan fingerprint density at radius 1 is 1.14 bits per heavy atom. The maximum absolute atomic E-state index is 5.46. The van der Waals surface area contributed by atoms with Crippen molar-refractivity contribution in [2.45, 2.75) is 19.4 Å². The van der Waals surface area contributed by atoms with Gasteiger partial charge >= 0.3 is 0 Å². The predicted molar refractivity (Wildman–Crippen MR) is 86.5 cm³/mol. The fourth-order valence-corrected chi connectivity index (χ4v) is 3.23. The van der Waals surface area contributed by atoms with Crippen LogP contribution in [0.25, 0.3) is 22.2 Å². The molecule has 1 fully saturated rings. The Labute approximate surface area is 129 Å². The second-order valence-electron chi connectivity index (χ2n) is 5.86. The zero-order valence-electron chi connectivity index (χ0n) is 12.5. The average molecular weight is 293 g/mol. The van der Waals surface area contributed by atoms with Gasteiger partial charge in [0.25, 0.3) is 0 Å². The van der Waals surface area contributed by atoms with Crippen LogP contribution in [0.1, 0.15) is 12.8 Å². The van der Waals surface area contributed by atoms with Crippen LogP contribution in [0.2, 0.25) is 0 Å². The number of imidazole rings is 1. The number of hydrogen-bond acceptors (Lipinski definition) is 3. The molecule has 0 saturated carbocycles. The molecule has 1 aromatic carbocycles. The number of pyridine rings is 1. The quantitative estimate of drug-likeness (QED) is 0.741. The molecule has 3 heterocycles. The Kier molecular flexibility index (Phi) is 3.60. The Morgan fingerprint density at radius 3 is 2.95 bits per heavy atom. The molecule has 0 atom stereocenters. The molecule has 4 nitrogen and oxygen atoms in total. The van der Waals surface area contributed by atoms with Gasteiger partial charge in [0.1, 0.15) is 5.82 Å². The molecule has 1 aliphatic heterocycles. The molecule has 1 aliphatic rings. The Morgan fingerprint density at radius 2 is 2.05 bits per heavy atom. The van der Waals surface area contributed by atoms with E-state index in [-0.39, 0.29) is 0 Å². The zero-order chi connectivity index (χ0) is 14.8. The molecule has 22 heavy (non-hydrogen) atoms. The molecule has 0 amide bonds. The third-order valence-electron chi connectivity index (χ3n) is 4.43. The molecule has 4 rings (SSSR count). The van der Waals surface area contributed by atoms with Gasteiger partial charge < -0.3 is 9.30 Å². The number of rotatable bonds is 3. The third kappa shape index (κ3) is 2.50. The number of fused-ring (bicyclic) bond motifs is 1. The molecular weight excluding hydrogens is 274 g/mol. The van der Waals surface area contributed by atoms with Crippen molar-refractivity contribution < 1.29 is 4.74 Å². The van der Waals surface area contributed by atoms with E-state index in [0.29, 0.717) is 5.92 Å². The molecular formula is C18H19N3O. The lowest BCUT2D eigenvalue weighted by atomic mass is 10.00. The number of nitrogens with zero attached hydrogens (tertiary/aromatic N) is 3. The minimum Gasteiger partial charge on any atom is -0.381 e. The van der Waals surface area contributed by atoms with Gasteiger partial charge in [-0.1, -0.05) is 18.2 Å². The van der Waals surface area contributed by atoms with Crippen molar-refractivity contribution in [2.24, 2.45) is 5.92 Å². The number of hydrogen-bond donors (Lipinski definition) is 0. The summed E-state index contributed by atoms with van der Waals surface area (Å²) < 4.78 is 7.74. The van der Waals surface area contributed by atoms with Crippen LogP contribution in [-0.4, -0.2) is 27.7 Å². The zero-order valence-corrected chi connectivity index (χ0v) is 12.5. The first kappa shape index (κ1) is 13.5. The van der Waals surface area contributed by atoms with Crippen LogP contribution in [0.15, 0.2) is 49.1 Å². The molecule has 3 aromatic rings. The van der Waals surface area contributed by atoms with Crippen LogP contribution >= 0.6 is 0 Å². The van der Waals surface area contributed by atoms with E-state index in [0.717, 1.165) is 43.8 Å². The number of aromatic nitrogens is 3. The first-order valence-electron chi connectivity index (χ1n) is 7.84. The molecule has 0 aliphatic carbocycles. The van der Waals surface area contributed by atoms with Gasteiger partial charge in [0, 0.05) is 55.5 Å². The highest BCUT2D eigenvalue weighted by molar-refractivity contribution is 5.94. The smallest absolute Gasteiger partial charge is 0.140 e. The standard InChI is InChI=1S/C18H19N3O/c1-2-15-12-19-7-4-16(15)17(3-1)18-20-8-9-21(18)13-14-5-10-22-11-6-14/h1-4,7-9,12,14H,5-6,10-11,13H2. The fraction of sp³-hybridized carbons (Fsp3) is 0.333. The van der Waals surface area contributed by atoms with Crippen LogP contribution in [0.4, 0.5) is 0 Å². The van der Waals surface area contributed by atoms with E-state index in [1.54, 1.807) is 0 Å². The number of ether oxygens (including phenoxy) is 1. The summed E-state index contributed by atoms with van der Waals surface area (Å²) in [4.78, 5) is 8.82. The van der Waals surface area contributed by atoms with E-state index in [1.807, 2.05) is 18.6 Å². The number of benzene rings is 1. The van der Waals surface area contributed by atoms with Crippen LogP contribution in [0.3, 0.4) is 0 Å². The molecule has 0 N–H and O–H groups in total. The lowest BCUT2D eigenvalue weighted by molar-refractivity contribution is 0.0614. The Balaban J connectivity index is 1.71. The summed E-state index contributed by atoms with van der Waals surface area (Å²) in [6, 6.07) is 8.38. The SMILES string of the molecule is c1cc(-c2nccn2CC2CCOCC2)c2ccncc2c1. The first-order chi connectivity index (χ1) is 10.9. The van der Waals surface area contributed by atoms with E-state index in [1.165, 1.54) is 10.9 Å². The van der Waals surface area contributed by atoms with E-state index in [4.69, 9.17) is 4.74 Å². The predicted octanol–water partition coefficient (Wildman–Crippen LogP) is 3.52. The lowest BCUT2D eigenvalue weighted by Gasteiger charge is -2.23. The van der Waals surface area contributed by atoms with Crippen LogP contribution in [0, 0.1) is 5.92 Å². The van der Waals surface area contributed by atoms with Gasteiger partial charge in [0.2, 0.25) is 0 Å². The van der Waals surface area contributed by atoms with Crippen LogP contribution < -0.4 is 0 Å². The minimum absolute atomic E-state index is 0.679. The molecule has 0 unspecified atom stereocenters. The maximum atomic E-state index is 5.46. The van der Waals surface area contributed by atoms with Crippen molar-refractivity contribution in [2.75, 3.05) is 13.2 Å². The maximum Gasteiger partial charge on any atom is 0.140 e. The highest BCUT2D eigenvalue weighted by Gasteiger charge is 2.17. The van der Waals surface area contributed by atoms with Gasteiger partial charge in [0.05, 0.1) is 0 Å². The molecule has 0 spiro atoms. The van der Waals surface area contributed by atoms with Gasteiger partial charge in [-0.15, -0.1) is 0 Å². The molecule has 4 heteroatoms.